The molecule has 118 valence electrons. The van der Waals surface area contributed by atoms with Crippen LogP contribution in [0.4, 0.5) is 0 Å². The Kier molecular flexibility index (Phi) is 4.58. The van der Waals surface area contributed by atoms with Gasteiger partial charge in [0, 0.05) is 28.4 Å². The van der Waals surface area contributed by atoms with Gasteiger partial charge in [-0.1, -0.05) is 26.0 Å². The second kappa shape index (κ2) is 6.63. The molecule has 0 amide bonds. The van der Waals surface area contributed by atoms with Gasteiger partial charge < -0.3 is 0 Å². The molecule has 2 heterocycles. The Morgan fingerprint density at radius 3 is 2.57 bits per heavy atom. The molecule has 23 heavy (non-hydrogen) atoms. The maximum absolute atomic E-state index is 4.83. The third-order valence-corrected chi connectivity index (χ3v) is 4.88. The van der Waals surface area contributed by atoms with Gasteiger partial charge in [0.2, 0.25) is 0 Å². The van der Waals surface area contributed by atoms with Crippen molar-refractivity contribution in [1.29, 1.82) is 0 Å². The highest BCUT2D eigenvalue weighted by molar-refractivity contribution is 7.13. The first kappa shape index (κ1) is 15.9. The summed E-state index contributed by atoms with van der Waals surface area (Å²) >= 11 is 1.70. The zero-order valence-electron chi connectivity index (χ0n) is 14.1. The SMILES string of the molecule is Cc1ccc(-c2csc(-c3ccnc(CC(C)C)c3)n2)cc1C. The van der Waals surface area contributed by atoms with Crippen LogP contribution in [0.15, 0.2) is 41.9 Å². The van der Waals surface area contributed by atoms with Gasteiger partial charge in [0.05, 0.1) is 5.69 Å². The molecule has 1 aromatic carbocycles. The number of thiazole rings is 1. The van der Waals surface area contributed by atoms with Gasteiger partial charge >= 0.3 is 0 Å². The number of aryl methyl sites for hydroxylation is 2. The largest absolute Gasteiger partial charge is 0.261 e. The molecule has 0 N–H and O–H groups in total. The fraction of sp³-hybridized carbons (Fsp3) is 0.300. The second-order valence-electron chi connectivity index (χ2n) is 6.47. The molecule has 0 bridgehead atoms. The molecule has 3 aromatic rings. The lowest BCUT2D eigenvalue weighted by molar-refractivity contribution is 0.635. The van der Waals surface area contributed by atoms with Crippen LogP contribution in [0.3, 0.4) is 0 Å². The van der Waals surface area contributed by atoms with Gasteiger partial charge in [-0.05, 0) is 55.5 Å². The van der Waals surface area contributed by atoms with E-state index in [-0.39, 0.29) is 0 Å². The number of rotatable bonds is 4. The molecule has 0 aliphatic carbocycles. The van der Waals surface area contributed by atoms with E-state index in [0.29, 0.717) is 5.92 Å². The minimum absolute atomic E-state index is 0.611. The van der Waals surface area contributed by atoms with Crippen LogP contribution >= 0.6 is 11.3 Å². The number of pyridine rings is 1. The van der Waals surface area contributed by atoms with E-state index >= 15 is 0 Å². The zero-order chi connectivity index (χ0) is 16.4. The summed E-state index contributed by atoms with van der Waals surface area (Å²) in [5, 5.41) is 3.20. The van der Waals surface area contributed by atoms with E-state index in [2.05, 4.69) is 62.3 Å². The molecule has 0 unspecified atom stereocenters. The van der Waals surface area contributed by atoms with Crippen molar-refractivity contribution in [2.24, 2.45) is 5.92 Å². The summed E-state index contributed by atoms with van der Waals surface area (Å²) in [6.45, 7) is 8.72. The van der Waals surface area contributed by atoms with Gasteiger partial charge in [0.1, 0.15) is 5.01 Å². The van der Waals surface area contributed by atoms with Crippen LogP contribution in [0.5, 0.6) is 0 Å². The predicted molar refractivity (Wildman–Crippen MR) is 98.8 cm³/mol. The van der Waals surface area contributed by atoms with E-state index < -0.39 is 0 Å². The van der Waals surface area contributed by atoms with Crippen LogP contribution in [-0.2, 0) is 6.42 Å². The fourth-order valence-corrected chi connectivity index (χ4v) is 3.41. The van der Waals surface area contributed by atoms with Gasteiger partial charge in [-0.3, -0.25) is 4.98 Å². The van der Waals surface area contributed by atoms with Gasteiger partial charge in [-0.25, -0.2) is 4.98 Å². The predicted octanol–water partition coefficient (Wildman–Crippen LogP) is 5.69. The van der Waals surface area contributed by atoms with E-state index in [1.165, 1.54) is 16.7 Å². The topological polar surface area (TPSA) is 25.8 Å². The van der Waals surface area contributed by atoms with Crippen LogP contribution < -0.4 is 0 Å². The van der Waals surface area contributed by atoms with Crippen molar-refractivity contribution < 1.29 is 0 Å². The molecule has 0 saturated carbocycles. The van der Waals surface area contributed by atoms with E-state index in [1.807, 2.05) is 12.3 Å². The summed E-state index contributed by atoms with van der Waals surface area (Å²) in [5.74, 6) is 0.611. The van der Waals surface area contributed by atoms with E-state index in [1.54, 1.807) is 11.3 Å². The lowest BCUT2D eigenvalue weighted by atomic mass is 10.0. The maximum atomic E-state index is 4.83. The van der Waals surface area contributed by atoms with Crippen LogP contribution in [0.25, 0.3) is 21.8 Å². The molecule has 2 aromatic heterocycles. The highest BCUT2D eigenvalue weighted by atomic mass is 32.1. The summed E-state index contributed by atoms with van der Waals surface area (Å²) in [6, 6.07) is 10.7. The van der Waals surface area contributed by atoms with Crippen molar-refractivity contribution in [2.45, 2.75) is 34.1 Å². The second-order valence-corrected chi connectivity index (χ2v) is 7.33. The summed E-state index contributed by atoms with van der Waals surface area (Å²) in [6.07, 6.45) is 2.90. The number of nitrogens with zero attached hydrogens (tertiary/aromatic N) is 2. The minimum atomic E-state index is 0.611. The average molecular weight is 322 g/mol. The quantitative estimate of drug-likeness (QED) is 0.617. The molecule has 3 rings (SSSR count). The molecule has 0 fully saturated rings. The lowest BCUT2D eigenvalue weighted by Gasteiger charge is -2.05. The molecule has 0 atom stereocenters. The first-order chi connectivity index (χ1) is 11.0. The standard InChI is InChI=1S/C20H22N2S/c1-13(2)9-18-11-17(7-8-21-18)20-22-19(12-23-20)16-6-5-14(3)15(4)10-16/h5-8,10-13H,9H2,1-4H3. The number of hydrogen-bond donors (Lipinski definition) is 0. The Bertz CT molecular complexity index is 818. The van der Waals surface area contributed by atoms with Crippen molar-refractivity contribution in [3.05, 3.63) is 58.7 Å². The summed E-state index contributed by atoms with van der Waals surface area (Å²) < 4.78 is 0. The van der Waals surface area contributed by atoms with Crippen molar-refractivity contribution in [1.82, 2.24) is 9.97 Å². The molecular formula is C20H22N2S. The van der Waals surface area contributed by atoms with Crippen molar-refractivity contribution in [3.8, 4) is 21.8 Å². The smallest absolute Gasteiger partial charge is 0.124 e. The van der Waals surface area contributed by atoms with Crippen LogP contribution in [0, 0.1) is 19.8 Å². The Balaban J connectivity index is 1.91. The van der Waals surface area contributed by atoms with Gasteiger partial charge in [0.15, 0.2) is 0 Å². The highest BCUT2D eigenvalue weighted by Crippen LogP contribution is 2.30. The van der Waals surface area contributed by atoms with Crippen molar-refractivity contribution in [2.75, 3.05) is 0 Å². The van der Waals surface area contributed by atoms with E-state index in [4.69, 9.17) is 4.98 Å². The lowest BCUT2D eigenvalue weighted by Crippen LogP contribution is -1.97. The zero-order valence-corrected chi connectivity index (χ0v) is 14.9. The van der Waals surface area contributed by atoms with E-state index in [9.17, 15) is 0 Å². The third-order valence-electron chi connectivity index (χ3n) is 3.99. The fourth-order valence-electron chi connectivity index (χ4n) is 2.58. The highest BCUT2D eigenvalue weighted by Gasteiger charge is 2.09. The van der Waals surface area contributed by atoms with Gasteiger partial charge in [0.25, 0.3) is 0 Å². The Morgan fingerprint density at radius 1 is 1.00 bits per heavy atom. The van der Waals surface area contributed by atoms with Crippen LogP contribution in [-0.4, -0.2) is 9.97 Å². The van der Waals surface area contributed by atoms with Crippen LogP contribution in [0.2, 0.25) is 0 Å². The summed E-state index contributed by atoms with van der Waals surface area (Å²) in [4.78, 5) is 9.30. The molecular weight excluding hydrogens is 300 g/mol. The van der Waals surface area contributed by atoms with Crippen molar-refractivity contribution >= 4 is 11.3 Å². The Labute approximate surface area is 142 Å². The van der Waals surface area contributed by atoms with Crippen LogP contribution in [0.1, 0.15) is 30.7 Å². The average Bonchev–Trinajstić information content (AvgIpc) is 2.99. The monoisotopic (exact) mass is 322 g/mol. The normalized spacial score (nSPS) is 11.2. The number of hydrogen-bond acceptors (Lipinski definition) is 3. The Morgan fingerprint density at radius 2 is 1.83 bits per heavy atom. The summed E-state index contributed by atoms with van der Waals surface area (Å²) in [5.41, 5.74) is 7.16. The molecule has 0 spiro atoms. The molecule has 2 nitrogen and oxygen atoms in total. The first-order valence-electron chi connectivity index (χ1n) is 8.01. The van der Waals surface area contributed by atoms with Gasteiger partial charge in [-0.15, -0.1) is 11.3 Å². The maximum Gasteiger partial charge on any atom is 0.124 e. The molecule has 0 aliphatic rings. The minimum Gasteiger partial charge on any atom is -0.261 e. The third kappa shape index (κ3) is 3.67. The molecule has 0 saturated heterocycles. The molecule has 3 heteroatoms. The molecule has 0 aliphatic heterocycles. The molecule has 0 radical (unpaired) electrons. The first-order valence-corrected chi connectivity index (χ1v) is 8.89. The van der Waals surface area contributed by atoms with Crippen molar-refractivity contribution in [3.63, 3.8) is 0 Å². The van der Waals surface area contributed by atoms with Gasteiger partial charge in [-0.2, -0.15) is 0 Å². The number of benzene rings is 1. The summed E-state index contributed by atoms with van der Waals surface area (Å²) in [7, 11) is 0. The Hall–Kier alpha value is -2.00. The van der Waals surface area contributed by atoms with E-state index in [0.717, 1.165) is 28.4 Å². The number of aromatic nitrogens is 2.